The molecule has 0 aromatic rings. The van der Waals surface area contributed by atoms with E-state index >= 15 is 0 Å². The first-order valence-electron chi connectivity index (χ1n) is 5.37. The Bertz CT molecular complexity index is 345. The predicted molar refractivity (Wildman–Crippen MR) is 64.3 cm³/mol. The van der Waals surface area contributed by atoms with Crippen molar-refractivity contribution < 1.29 is 9.90 Å². The maximum Gasteiger partial charge on any atom is 0.178 e. The highest BCUT2D eigenvalue weighted by Crippen LogP contribution is 2.16. The van der Waals surface area contributed by atoms with Crippen LogP contribution in [0.4, 0.5) is 0 Å². The lowest BCUT2D eigenvalue weighted by atomic mass is 10.2. The van der Waals surface area contributed by atoms with Crippen LogP contribution in [-0.4, -0.2) is 41.2 Å². The van der Waals surface area contributed by atoms with E-state index in [4.69, 9.17) is 0 Å². The molecule has 4 nitrogen and oxygen atoms in total. The molecule has 1 atom stereocenters. The van der Waals surface area contributed by atoms with Crippen LogP contribution in [0.25, 0.3) is 0 Å². The van der Waals surface area contributed by atoms with E-state index in [0.29, 0.717) is 12.2 Å². The van der Waals surface area contributed by atoms with Gasteiger partial charge in [-0.05, 0) is 19.4 Å². The fraction of sp³-hybridized carbons (Fsp3) is 0.500. The highest BCUT2D eigenvalue weighted by atomic mass is 16.3. The van der Waals surface area contributed by atoms with Crippen LogP contribution in [0.1, 0.15) is 20.3 Å². The van der Waals surface area contributed by atoms with Crippen molar-refractivity contribution in [2.75, 3.05) is 13.1 Å². The number of allylic oxidation sites excluding steroid dienone is 2. The summed E-state index contributed by atoms with van der Waals surface area (Å²) in [5.41, 5.74) is 1.13. The summed E-state index contributed by atoms with van der Waals surface area (Å²) in [5.74, 6) is -0.0843. The molecule has 1 N–H and O–H groups in total. The lowest BCUT2D eigenvalue weighted by Gasteiger charge is -2.17. The van der Waals surface area contributed by atoms with Crippen LogP contribution < -0.4 is 0 Å². The summed E-state index contributed by atoms with van der Waals surface area (Å²) in [6, 6.07) is 0. The minimum atomic E-state index is -0.291. The van der Waals surface area contributed by atoms with Gasteiger partial charge in [-0.3, -0.25) is 9.79 Å². The number of nitrogens with zero attached hydrogens (tertiary/aromatic N) is 2. The molecule has 1 rings (SSSR count). The molecule has 0 aromatic carbocycles. The van der Waals surface area contributed by atoms with Gasteiger partial charge in [0.2, 0.25) is 0 Å². The summed E-state index contributed by atoms with van der Waals surface area (Å²) in [6.45, 7) is 8.48. The number of aliphatic hydroxyl groups is 1. The predicted octanol–water partition coefficient (Wildman–Crippen LogP) is 1.13. The molecule has 1 fully saturated rings. The van der Waals surface area contributed by atoms with Crippen molar-refractivity contribution in [3.63, 3.8) is 0 Å². The van der Waals surface area contributed by atoms with Crippen LogP contribution in [0.2, 0.25) is 0 Å². The average molecular weight is 222 g/mol. The Balaban J connectivity index is 2.73. The number of likely N-dealkylation sites (tertiary alicyclic amines) is 1. The Kier molecular flexibility index (Phi) is 4.43. The molecule has 1 aliphatic rings. The van der Waals surface area contributed by atoms with Gasteiger partial charge in [0.25, 0.3) is 0 Å². The first kappa shape index (κ1) is 12.6. The Labute approximate surface area is 96.0 Å². The monoisotopic (exact) mass is 222 g/mol. The smallest absolute Gasteiger partial charge is 0.178 e. The van der Waals surface area contributed by atoms with E-state index in [2.05, 4.69) is 11.6 Å². The van der Waals surface area contributed by atoms with Crippen LogP contribution in [0.5, 0.6) is 0 Å². The molecular formula is C12H18N2O2. The van der Waals surface area contributed by atoms with Crippen molar-refractivity contribution in [2.45, 2.75) is 26.4 Å². The van der Waals surface area contributed by atoms with Gasteiger partial charge in [0.05, 0.1) is 6.10 Å². The van der Waals surface area contributed by atoms with Crippen molar-refractivity contribution in [3.8, 4) is 0 Å². The van der Waals surface area contributed by atoms with Crippen LogP contribution in [0.15, 0.2) is 29.0 Å². The number of ketones is 1. The highest BCUT2D eigenvalue weighted by Gasteiger charge is 2.20. The molecule has 1 heterocycles. The summed E-state index contributed by atoms with van der Waals surface area (Å²) in [6.07, 6.45) is 3.71. The van der Waals surface area contributed by atoms with E-state index in [1.54, 1.807) is 19.2 Å². The molecule has 0 spiro atoms. The molecule has 0 aliphatic carbocycles. The normalized spacial score (nSPS) is 21.8. The van der Waals surface area contributed by atoms with E-state index in [1.165, 1.54) is 6.92 Å². The highest BCUT2D eigenvalue weighted by molar-refractivity contribution is 5.94. The number of carbonyl (C=O) groups is 1. The number of hydrogen-bond donors (Lipinski definition) is 1. The van der Waals surface area contributed by atoms with Crippen molar-refractivity contribution in [3.05, 3.63) is 24.0 Å². The average Bonchev–Trinajstić information content (AvgIpc) is 2.64. The van der Waals surface area contributed by atoms with Gasteiger partial charge in [-0.2, -0.15) is 0 Å². The molecule has 16 heavy (non-hydrogen) atoms. The molecule has 0 aromatic heterocycles. The zero-order valence-corrected chi connectivity index (χ0v) is 9.81. The number of hydrogen-bond acceptors (Lipinski definition) is 4. The maximum absolute atomic E-state index is 11.3. The fourth-order valence-electron chi connectivity index (χ4n) is 1.62. The van der Waals surface area contributed by atoms with E-state index in [-0.39, 0.29) is 11.9 Å². The van der Waals surface area contributed by atoms with E-state index in [0.717, 1.165) is 18.7 Å². The standard InChI is InChI=1S/C12H18N2O2/c1-4-13-12(10(3)15)7-9(2)14-6-5-11(16)8-14/h4,7,11,16H,2,5-6,8H2,1,3H3/b12-7-,13-4-. The second kappa shape index (κ2) is 5.61. The number of aliphatic hydroxyl groups excluding tert-OH is 1. The van der Waals surface area contributed by atoms with E-state index in [9.17, 15) is 9.90 Å². The molecule has 0 saturated carbocycles. The van der Waals surface area contributed by atoms with E-state index < -0.39 is 0 Å². The largest absolute Gasteiger partial charge is 0.391 e. The van der Waals surface area contributed by atoms with Gasteiger partial charge in [-0.25, -0.2) is 0 Å². The Morgan fingerprint density at radius 2 is 2.31 bits per heavy atom. The zero-order valence-electron chi connectivity index (χ0n) is 9.81. The maximum atomic E-state index is 11.3. The first-order chi connectivity index (χ1) is 7.54. The number of carbonyl (C=O) groups excluding carboxylic acids is 1. The third kappa shape index (κ3) is 3.31. The molecule has 1 unspecified atom stereocenters. The lowest BCUT2D eigenvalue weighted by Crippen LogP contribution is -2.20. The number of Topliss-reactive ketones (excluding diaryl/α,β-unsaturated/α-hetero) is 1. The van der Waals surface area contributed by atoms with Crippen molar-refractivity contribution in [2.24, 2.45) is 4.99 Å². The second-order valence-electron chi connectivity index (χ2n) is 3.85. The molecule has 1 aliphatic heterocycles. The van der Waals surface area contributed by atoms with Gasteiger partial charge in [-0.1, -0.05) is 6.58 Å². The number of aliphatic imine (C=N–C) groups is 1. The zero-order chi connectivity index (χ0) is 12.1. The number of rotatable bonds is 4. The fourth-order valence-corrected chi connectivity index (χ4v) is 1.62. The van der Waals surface area contributed by atoms with E-state index in [1.807, 2.05) is 4.90 Å². The minimum Gasteiger partial charge on any atom is -0.391 e. The molecule has 1 saturated heterocycles. The Morgan fingerprint density at radius 1 is 1.62 bits per heavy atom. The van der Waals surface area contributed by atoms with Crippen LogP contribution in [0, 0.1) is 0 Å². The summed E-state index contributed by atoms with van der Waals surface area (Å²) < 4.78 is 0. The molecule has 88 valence electrons. The quantitative estimate of drug-likeness (QED) is 0.441. The topological polar surface area (TPSA) is 52.9 Å². The van der Waals surface area contributed by atoms with Gasteiger partial charge in [0.15, 0.2) is 5.78 Å². The summed E-state index contributed by atoms with van der Waals surface area (Å²) in [5, 5.41) is 9.40. The molecular weight excluding hydrogens is 204 g/mol. The Hall–Kier alpha value is -1.42. The van der Waals surface area contributed by atoms with Crippen molar-refractivity contribution in [1.82, 2.24) is 4.90 Å². The molecule has 0 radical (unpaired) electrons. The minimum absolute atomic E-state index is 0.0843. The van der Waals surface area contributed by atoms with Gasteiger partial charge in [0.1, 0.15) is 5.70 Å². The first-order valence-corrected chi connectivity index (χ1v) is 5.37. The number of β-amino-alcohol motifs (C(OH)–C–C–N with tert-alkyl or cyclic N) is 1. The third-order valence-electron chi connectivity index (χ3n) is 2.50. The van der Waals surface area contributed by atoms with Gasteiger partial charge < -0.3 is 10.0 Å². The Morgan fingerprint density at radius 3 is 2.75 bits per heavy atom. The lowest BCUT2D eigenvalue weighted by molar-refractivity contribution is -0.113. The van der Waals surface area contributed by atoms with Crippen LogP contribution in [-0.2, 0) is 4.79 Å². The summed E-state index contributed by atoms with van der Waals surface area (Å²) >= 11 is 0. The van der Waals surface area contributed by atoms with Crippen LogP contribution >= 0.6 is 0 Å². The van der Waals surface area contributed by atoms with Gasteiger partial charge >= 0.3 is 0 Å². The van der Waals surface area contributed by atoms with Gasteiger partial charge in [-0.15, -0.1) is 0 Å². The molecule has 0 bridgehead atoms. The SMILES string of the molecule is C=C(/C=C(\N=C/C)C(C)=O)N1CCC(O)C1. The van der Waals surface area contributed by atoms with Gasteiger partial charge in [0, 0.05) is 31.9 Å². The van der Waals surface area contributed by atoms with Crippen molar-refractivity contribution >= 4 is 12.0 Å². The molecule has 4 heteroatoms. The summed E-state index contributed by atoms with van der Waals surface area (Å²) in [4.78, 5) is 17.2. The van der Waals surface area contributed by atoms with Crippen LogP contribution in [0.3, 0.4) is 0 Å². The second-order valence-corrected chi connectivity index (χ2v) is 3.85. The summed E-state index contributed by atoms with van der Waals surface area (Å²) in [7, 11) is 0. The van der Waals surface area contributed by atoms with Crippen molar-refractivity contribution in [1.29, 1.82) is 0 Å². The third-order valence-corrected chi connectivity index (χ3v) is 2.50. The molecule has 0 amide bonds.